The molecule has 0 aliphatic heterocycles. The van der Waals surface area contributed by atoms with E-state index >= 15 is 0 Å². The summed E-state index contributed by atoms with van der Waals surface area (Å²) in [6, 6.07) is 12.7. The van der Waals surface area contributed by atoms with E-state index in [-0.39, 0.29) is 33.0 Å². The number of Topliss-reactive ketones (excluding diaryl/α,β-unsaturated/α-hetero) is 2. The van der Waals surface area contributed by atoms with Gasteiger partial charge in [0.05, 0.1) is 33.0 Å². The van der Waals surface area contributed by atoms with Gasteiger partial charge in [0.15, 0.2) is 11.6 Å². The first-order valence-corrected chi connectivity index (χ1v) is 13.7. The lowest BCUT2D eigenvalue weighted by Crippen LogP contribution is -2.51. The molecule has 3 atom stereocenters. The van der Waals surface area contributed by atoms with Gasteiger partial charge in [-0.2, -0.15) is 0 Å². The summed E-state index contributed by atoms with van der Waals surface area (Å²) in [5.74, 6) is -0.0516. The first-order chi connectivity index (χ1) is 19.9. The van der Waals surface area contributed by atoms with Crippen LogP contribution in [0, 0.1) is 0 Å². The van der Waals surface area contributed by atoms with Gasteiger partial charge in [-0.05, 0) is 54.8 Å². The largest absolute Gasteiger partial charge is 0.494 e. The molecule has 2 aromatic carbocycles. The van der Waals surface area contributed by atoms with Crippen LogP contribution in [0.4, 0.5) is 0 Å². The number of carbonyl (C=O) groups excluding carboxylic acids is 2. The molecule has 7 nitrogen and oxygen atoms in total. The lowest BCUT2D eigenvalue weighted by atomic mass is 9.94. The zero-order valence-electron chi connectivity index (χ0n) is 23.6. The highest BCUT2D eigenvalue weighted by atomic mass is 35.5. The van der Waals surface area contributed by atoms with Crippen molar-refractivity contribution in [2.45, 2.75) is 31.7 Å². The molecule has 0 spiro atoms. The fraction of sp³-hybridized carbons (Fsp3) is 0.333. The van der Waals surface area contributed by atoms with Crippen LogP contribution in [0.1, 0.15) is 28.4 Å². The summed E-state index contributed by atoms with van der Waals surface area (Å²) in [5, 5.41) is 0.514. The predicted octanol–water partition coefficient (Wildman–Crippen LogP) is 6.00. The van der Waals surface area contributed by atoms with Gasteiger partial charge in [0.2, 0.25) is 0 Å². The lowest BCUT2D eigenvalue weighted by molar-refractivity contribution is -0.154. The molecular weight excluding hydrogens is 544 g/mol. The van der Waals surface area contributed by atoms with Crippen LogP contribution < -0.4 is 4.74 Å². The van der Waals surface area contributed by atoms with Gasteiger partial charge < -0.3 is 23.7 Å². The highest BCUT2D eigenvalue weighted by Gasteiger charge is 2.40. The van der Waals surface area contributed by atoms with Gasteiger partial charge in [0, 0.05) is 10.6 Å². The highest BCUT2D eigenvalue weighted by molar-refractivity contribution is 6.31. The van der Waals surface area contributed by atoms with Crippen LogP contribution in [0.5, 0.6) is 5.75 Å². The number of carbonyl (C=O) groups is 2. The van der Waals surface area contributed by atoms with E-state index < -0.39 is 29.9 Å². The van der Waals surface area contributed by atoms with Crippen LogP contribution in [-0.2, 0) is 30.2 Å². The third-order valence-electron chi connectivity index (χ3n) is 5.81. The highest BCUT2D eigenvalue weighted by Crippen LogP contribution is 2.25. The van der Waals surface area contributed by atoms with Gasteiger partial charge in [-0.3, -0.25) is 9.59 Å². The molecule has 0 aromatic heterocycles. The van der Waals surface area contributed by atoms with Crippen molar-refractivity contribution in [3.8, 4) is 5.75 Å². The molecular formula is C33H39ClO7. The minimum atomic E-state index is -1.22. The molecule has 0 radical (unpaired) electrons. The van der Waals surface area contributed by atoms with Crippen molar-refractivity contribution in [1.82, 2.24) is 0 Å². The number of hydrogen-bond acceptors (Lipinski definition) is 7. The lowest BCUT2D eigenvalue weighted by Gasteiger charge is -2.31. The Bertz CT molecular complexity index is 1160. The first kappa shape index (κ1) is 33.9. The third-order valence-corrected chi connectivity index (χ3v) is 6.17. The molecule has 2 rings (SSSR count). The van der Waals surface area contributed by atoms with Crippen LogP contribution >= 0.6 is 11.6 Å². The molecule has 2 aromatic rings. The van der Waals surface area contributed by atoms with Crippen LogP contribution in [-0.4, -0.2) is 69.5 Å². The maximum Gasteiger partial charge on any atom is 0.194 e. The van der Waals surface area contributed by atoms with Gasteiger partial charge >= 0.3 is 0 Å². The van der Waals surface area contributed by atoms with Crippen LogP contribution in [0.25, 0.3) is 0 Å². The summed E-state index contributed by atoms with van der Waals surface area (Å²) >= 11 is 6.52. The van der Waals surface area contributed by atoms with Crippen LogP contribution in [0.15, 0.2) is 93.1 Å². The number of benzene rings is 2. The average molecular weight is 583 g/mol. The van der Waals surface area contributed by atoms with Crippen molar-refractivity contribution in [2.75, 3.05) is 39.6 Å². The molecule has 0 bridgehead atoms. The van der Waals surface area contributed by atoms with E-state index in [9.17, 15) is 9.59 Å². The summed E-state index contributed by atoms with van der Waals surface area (Å²) < 4.78 is 28.6. The second-order valence-electron chi connectivity index (χ2n) is 8.87. The number of ether oxygens (including phenoxy) is 5. The summed E-state index contributed by atoms with van der Waals surface area (Å²) in [7, 11) is 0. The minimum Gasteiger partial charge on any atom is -0.494 e. The smallest absolute Gasteiger partial charge is 0.194 e. The number of hydrogen-bond donors (Lipinski definition) is 0. The van der Waals surface area contributed by atoms with E-state index in [1.165, 1.54) is 24.3 Å². The molecule has 0 fully saturated rings. The summed E-state index contributed by atoms with van der Waals surface area (Å²) in [4.78, 5) is 27.2. The Morgan fingerprint density at radius 2 is 1.44 bits per heavy atom. The zero-order valence-corrected chi connectivity index (χ0v) is 24.4. The molecule has 0 saturated heterocycles. The standard InChI is InChI=1S/C33H39ClO7/c1-6-17-37-23-29(35)31(39-18-7-2)33(41-20-9-4)32(40-19-8-3)30(36)25-13-16-28(34)26(22-25)21-24-11-14-27(15-12-24)38-10-5/h6-9,11-16,22,31-33H,1-4,10,17-21,23H2,5H3/t31-,32+,33+/m1/s1. The van der Waals surface area contributed by atoms with Crippen molar-refractivity contribution < 1.29 is 33.3 Å². The Morgan fingerprint density at radius 3 is 2.05 bits per heavy atom. The zero-order chi connectivity index (χ0) is 30.0. The monoisotopic (exact) mass is 582 g/mol. The summed E-state index contributed by atoms with van der Waals surface area (Å²) in [6.45, 7) is 17.2. The quantitative estimate of drug-likeness (QED) is 0.0957. The number of ketones is 2. The van der Waals surface area contributed by atoms with Crippen molar-refractivity contribution >= 4 is 23.2 Å². The molecule has 0 aliphatic carbocycles. The van der Waals surface area contributed by atoms with E-state index in [2.05, 4.69) is 26.3 Å². The first-order valence-electron chi connectivity index (χ1n) is 13.3. The SMILES string of the molecule is C=CCOCC(=O)[C@@H](OCC=C)[C@H](OCC=C)[C@@H](OCC=C)C(=O)c1ccc(Cl)c(Cc2ccc(OCC)cc2)c1. The topological polar surface area (TPSA) is 80.3 Å². The number of rotatable bonds is 22. The maximum atomic E-state index is 14.0. The predicted molar refractivity (Wildman–Crippen MR) is 162 cm³/mol. The van der Waals surface area contributed by atoms with E-state index in [1.807, 2.05) is 31.2 Å². The molecule has 0 saturated carbocycles. The summed E-state index contributed by atoms with van der Waals surface area (Å²) in [6.07, 6.45) is 3.03. The Hall–Kier alpha value is -3.33. The number of halogens is 1. The minimum absolute atomic E-state index is 0.0340. The Labute approximate surface area is 248 Å². The van der Waals surface area contributed by atoms with Gasteiger partial charge in [-0.1, -0.05) is 48.0 Å². The molecule has 0 amide bonds. The van der Waals surface area contributed by atoms with Gasteiger partial charge in [-0.15, -0.1) is 26.3 Å². The van der Waals surface area contributed by atoms with Crippen LogP contribution in [0.2, 0.25) is 5.02 Å². The van der Waals surface area contributed by atoms with Crippen molar-refractivity contribution in [2.24, 2.45) is 0 Å². The molecule has 41 heavy (non-hydrogen) atoms. The fourth-order valence-electron chi connectivity index (χ4n) is 3.99. The van der Waals surface area contributed by atoms with Crippen LogP contribution in [0.3, 0.4) is 0 Å². The van der Waals surface area contributed by atoms with Gasteiger partial charge in [0.1, 0.15) is 30.7 Å². The second kappa shape index (κ2) is 18.9. The van der Waals surface area contributed by atoms with Crippen molar-refractivity contribution in [3.05, 3.63) is 115 Å². The second-order valence-corrected chi connectivity index (χ2v) is 9.27. The molecule has 0 N–H and O–H groups in total. The van der Waals surface area contributed by atoms with Gasteiger partial charge in [0.25, 0.3) is 0 Å². The Balaban J connectivity index is 2.44. The van der Waals surface area contributed by atoms with E-state index in [0.29, 0.717) is 23.6 Å². The maximum absolute atomic E-state index is 14.0. The van der Waals surface area contributed by atoms with E-state index in [1.54, 1.807) is 18.2 Å². The third kappa shape index (κ3) is 10.9. The molecule has 0 aliphatic rings. The Morgan fingerprint density at radius 1 is 0.829 bits per heavy atom. The van der Waals surface area contributed by atoms with E-state index in [4.69, 9.17) is 35.3 Å². The Kier molecular flexibility index (Phi) is 15.6. The molecule has 0 unspecified atom stereocenters. The molecule has 220 valence electrons. The molecule has 0 heterocycles. The van der Waals surface area contributed by atoms with E-state index in [0.717, 1.165) is 16.9 Å². The molecule has 8 heteroatoms. The fourth-order valence-corrected chi connectivity index (χ4v) is 4.17. The summed E-state index contributed by atoms with van der Waals surface area (Å²) in [5.41, 5.74) is 2.09. The van der Waals surface area contributed by atoms with Crippen molar-refractivity contribution in [1.29, 1.82) is 0 Å². The average Bonchev–Trinajstić information content (AvgIpc) is 2.97. The normalized spacial score (nSPS) is 13.0. The van der Waals surface area contributed by atoms with Gasteiger partial charge in [-0.25, -0.2) is 0 Å². The van der Waals surface area contributed by atoms with Crippen molar-refractivity contribution in [3.63, 3.8) is 0 Å².